The molecule has 0 saturated carbocycles. The predicted molar refractivity (Wildman–Crippen MR) is 66.8 cm³/mol. The predicted octanol–water partition coefficient (Wildman–Crippen LogP) is 1.73. The maximum Gasteiger partial charge on any atom is 0.339 e. The Morgan fingerprint density at radius 1 is 1.35 bits per heavy atom. The van der Waals surface area contributed by atoms with Crippen LogP contribution in [-0.4, -0.2) is 22.7 Å². The average molecular weight is 240 g/mol. The summed E-state index contributed by atoms with van der Waals surface area (Å²) in [5.74, 6) is 3.71. The van der Waals surface area contributed by atoms with Crippen molar-refractivity contribution in [2.24, 2.45) is 5.84 Å². The summed E-state index contributed by atoms with van der Waals surface area (Å²) in [6.45, 7) is 3.13. The molecule has 0 bridgehead atoms. The first-order valence-electron chi connectivity index (χ1n) is 5.58. The SMILES string of the molecule is CCCCCNN.O=C(O)c1ccccc1O. The molecule has 0 atom stereocenters. The Labute approximate surface area is 101 Å². The van der Waals surface area contributed by atoms with Gasteiger partial charge in [-0.2, -0.15) is 0 Å². The Morgan fingerprint density at radius 3 is 2.41 bits per heavy atom. The van der Waals surface area contributed by atoms with Crippen molar-refractivity contribution in [2.45, 2.75) is 26.2 Å². The van der Waals surface area contributed by atoms with Crippen LogP contribution < -0.4 is 11.3 Å². The minimum atomic E-state index is -1.11. The number of aromatic hydroxyl groups is 1. The van der Waals surface area contributed by atoms with Gasteiger partial charge in [-0.25, -0.2) is 4.79 Å². The molecule has 0 amide bonds. The average Bonchev–Trinajstić information content (AvgIpc) is 2.31. The zero-order valence-electron chi connectivity index (χ0n) is 10.0. The number of benzene rings is 1. The van der Waals surface area contributed by atoms with Gasteiger partial charge in [0.15, 0.2) is 0 Å². The number of carbonyl (C=O) groups is 1. The molecule has 1 rings (SSSR count). The van der Waals surface area contributed by atoms with Crippen LogP contribution in [0.25, 0.3) is 0 Å². The van der Waals surface area contributed by atoms with E-state index in [0.29, 0.717) is 0 Å². The van der Waals surface area contributed by atoms with E-state index in [2.05, 4.69) is 12.3 Å². The molecule has 0 spiro atoms. The number of hydrogen-bond acceptors (Lipinski definition) is 4. The highest BCUT2D eigenvalue weighted by Crippen LogP contribution is 2.14. The third-order valence-corrected chi connectivity index (χ3v) is 2.06. The lowest BCUT2D eigenvalue weighted by atomic mass is 10.2. The first-order chi connectivity index (χ1) is 8.13. The summed E-state index contributed by atoms with van der Waals surface area (Å²) >= 11 is 0. The van der Waals surface area contributed by atoms with E-state index in [4.69, 9.17) is 16.1 Å². The lowest BCUT2D eigenvalue weighted by Gasteiger charge is -1.95. The van der Waals surface area contributed by atoms with Crippen LogP contribution in [0.4, 0.5) is 0 Å². The van der Waals surface area contributed by atoms with Crippen LogP contribution in [0.15, 0.2) is 24.3 Å². The van der Waals surface area contributed by atoms with Crippen molar-refractivity contribution >= 4 is 5.97 Å². The van der Waals surface area contributed by atoms with Gasteiger partial charge in [-0.1, -0.05) is 31.9 Å². The van der Waals surface area contributed by atoms with Crippen molar-refractivity contribution in [3.05, 3.63) is 29.8 Å². The smallest absolute Gasteiger partial charge is 0.339 e. The number of aromatic carboxylic acids is 1. The number of para-hydroxylation sites is 1. The van der Waals surface area contributed by atoms with Crippen LogP contribution in [0, 0.1) is 0 Å². The van der Waals surface area contributed by atoms with Gasteiger partial charge in [-0.3, -0.25) is 11.3 Å². The van der Waals surface area contributed by atoms with E-state index >= 15 is 0 Å². The normalized spacial score (nSPS) is 9.29. The molecule has 17 heavy (non-hydrogen) atoms. The summed E-state index contributed by atoms with van der Waals surface area (Å²) in [5, 5.41) is 17.3. The van der Waals surface area contributed by atoms with Crippen LogP contribution in [-0.2, 0) is 0 Å². The minimum absolute atomic E-state index is 0.0671. The Morgan fingerprint density at radius 2 is 2.00 bits per heavy atom. The van der Waals surface area contributed by atoms with E-state index in [1.165, 1.54) is 31.4 Å². The summed E-state index contributed by atoms with van der Waals surface area (Å²) in [5.41, 5.74) is 2.54. The quantitative estimate of drug-likeness (QED) is 0.357. The number of rotatable bonds is 5. The lowest BCUT2D eigenvalue weighted by molar-refractivity contribution is 0.0694. The van der Waals surface area contributed by atoms with Crippen molar-refractivity contribution in [3.8, 4) is 5.75 Å². The Bertz CT molecular complexity index is 325. The number of carboxylic acids is 1. The second-order valence-corrected chi connectivity index (χ2v) is 3.48. The van der Waals surface area contributed by atoms with E-state index in [-0.39, 0.29) is 11.3 Å². The molecular weight excluding hydrogens is 220 g/mol. The Hall–Kier alpha value is -1.59. The molecule has 5 heteroatoms. The third-order valence-electron chi connectivity index (χ3n) is 2.06. The molecule has 0 saturated heterocycles. The molecule has 0 aliphatic carbocycles. The zero-order chi connectivity index (χ0) is 13.1. The van der Waals surface area contributed by atoms with Crippen molar-refractivity contribution < 1.29 is 15.0 Å². The third kappa shape index (κ3) is 7.32. The zero-order valence-corrected chi connectivity index (χ0v) is 10.0. The number of phenols is 1. The van der Waals surface area contributed by atoms with Gasteiger partial charge in [0.1, 0.15) is 11.3 Å². The summed E-state index contributed by atoms with van der Waals surface area (Å²) in [6, 6.07) is 5.81. The molecule has 5 N–H and O–H groups in total. The van der Waals surface area contributed by atoms with Crippen molar-refractivity contribution in [1.29, 1.82) is 0 Å². The van der Waals surface area contributed by atoms with E-state index in [1.807, 2.05) is 0 Å². The molecule has 0 aliphatic heterocycles. The summed E-state index contributed by atoms with van der Waals surface area (Å²) in [7, 11) is 0. The fourth-order valence-corrected chi connectivity index (χ4v) is 1.13. The maximum absolute atomic E-state index is 10.3. The first-order valence-corrected chi connectivity index (χ1v) is 5.58. The second-order valence-electron chi connectivity index (χ2n) is 3.48. The number of unbranched alkanes of at least 4 members (excludes halogenated alkanes) is 2. The minimum Gasteiger partial charge on any atom is -0.507 e. The Balaban J connectivity index is 0.000000325. The van der Waals surface area contributed by atoms with Crippen molar-refractivity contribution in [1.82, 2.24) is 5.43 Å². The summed E-state index contributed by atoms with van der Waals surface area (Å²) in [6.07, 6.45) is 3.75. The van der Waals surface area contributed by atoms with Gasteiger partial charge in [0, 0.05) is 6.54 Å². The highest BCUT2D eigenvalue weighted by atomic mass is 16.4. The van der Waals surface area contributed by atoms with Crippen molar-refractivity contribution in [2.75, 3.05) is 6.54 Å². The maximum atomic E-state index is 10.3. The van der Waals surface area contributed by atoms with Gasteiger partial charge in [0.05, 0.1) is 0 Å². The van der Waals surface area contributed by atoms with Gasteiger partial charge < -0.3 is 10.2 Å². The topological polar surface area (TPSA) is 95.6 Å². The van der Waals surface area contributed by atoms with Crippen molar-refractivity contribution in [3.63, 3.8) is 0 Å². The van der Waals surface area contributed by atoms with Gasteiger partial charge in [0.2, 0.25) is 0 Å². The van der Waals surface area contributed by atoms with Gasteiger partial charge in [-0.05, 0) is 18.6 Å². The highest BCUT2D eigenvalue weighted by molar-refractivity contribution is 5.90. The molecule has 5 nitrogen and oxygen atoms in total. The largest absolute Gasteiger partial charge is 0.507 e. The molecule has 0 fully saturated rings. The molecular formula is C12H20N2O3. The number of nitrogens with one attached hydrogen (secondary N) is 1. The molecule has 1 aromatic rings. The molecule has 0 aromatic heterocycles. The first kappa shape index (κ1) is 15.4. The van der Waals surface area contributed by atoms with Gasteiger partial charge >= 0.3 is 5.97 Å². The number of nitrogens with two attached hydrogens (primary N) is 1. The fourth-order valence-electron chi connectivity index (χ4n) is 1.13. The van der Waals surface area contributed by atoms with Crippen LogP contribution in [0.5, 0.6) is 5.75 Å². The molecule has 0 radical (unpaired) electrons. The van der Waals surface area contributed by atoms with Crippen LogP contribution in [0.2, 0.25) is 0 Å². The van der Waals surface area contributed by atoms with E-state index in [1.54, 1.807) is 12.1 Å². The lowest BCUT2D eigenvalue weighted by Crippen LogP contribution is -2.22. The summed E-state index contributed by atoms with van der Waals surface area (Å²) in [4.78, 5) is 10.3. The highest BCUT2D eigenvalue weighted by Gasteiger charge is 2.05. The van der Waals surface area contributed by atoms with Crippen LogP contribution in [0.3, 0.4) is 0 Å². The van der Waals surface area contributed by atoms with Gasteiger partial charge in [0.25, 0.3) is 0 Å². The van der Waals surface area contributed by atoms with Gasteiger partial charge in [-0.15, -0.1) is 0 Å². The molecule has 0 unspecified atom stereocenters. The number of hydrogen-bond donors (Lipinski definition) is 4. The van der Waals surface area contributed by atoms with E-state index < -0.39 is 5.97 Å². The number of hydrazine groups is 1. The molecule has 96 valence electrons. The molecule has 0 heterocycles. The fraction of sp³-hybridized carbons (Fsp3) is 0.417. The van der Waals surface area contributed by atoms with E-state index in [9.17, 15) is 4.79 Å². The monoisotopic (exact) mass is 240 g/mol. The Kier molecular flexibility index (Phi) is 8.72. The second kappa shape index (κ2) is 9.62. The van der Waals surface area contributed by atoms with E-state index in [0.717, 1.165) is 6.54 Å². The molecule has 0 aliphatic rings. The standard InChI is InChI=1S/C7H6O3.C5H14N2/c8-6-4-2-1-3-5(6)7(9)10;1-2-3-4-5-7-6/h1-4,8H,(H,9,10);7H,2-6H2,1H3. The molecule has 1 aromatic carbocycles. The number of carboxylic acid groups (broad SMARTS) is 1. The summed E-state index contributed by atoms with van der Waals surface area (Å²) < 4.78 is 0. The van der Waals surface area contributed by atoms with Crippen LogP contribution >= 0.6 is 0 Å². The van der Waals surface area contributed by atoms with Crippen LogP contribution in [0.1, 0.15) is 36.5 Å².